The summed E-state index contributed by atoms with van der Waals surface area (Å²) in [5.74, 6) is -0.812. The average molecular weight is 473 g/mol. The first-order chi connectivity index (χ1) is 15.2. The Hall–Kier alpha value is -3.30. The van der Waals surface area contributed by atoms with Crippen LogP contribution in [0.15, 0.2) is 53.9 Å². The Morgan fingerprint density at radius 3 is 2.59 bits per heavy atom. The Kier molecular flexibility index (Phi) is 7.55. The monoisotopic (exact) mass is 472 g/mol. The molecule has 0 radical (unpaired) electrons. The smallest absolute Gasteiger partial charge is 0.288 e. The van der Waals surface area contributed by atoms with Crippen LogP contribution in [0.2, 0.25) is 5.02 Å². The zero-order valence-corrected chi connectivity index (χ0v) is 19.0. The lowest BCUT2D eigenvalue weighted by Gasteiger charge is -2.24. The summed E-state index contributed by atoms with van der Waals surface area (Å²) < 4.78 is 0. The highest BCUT2D eigenvalue weighted by molar-refractivity contribution is 7.14. The van der Waals surface area contributed by atoms with Gasteiger partial charge in [0.05, 0.1) is 10.6 Å². The van der Waals surface area contributed by atoms with Crippen LogP contribution < -0.4 is 5.32 Å². The lowest BCUT2D eigenvalue weighted by atomic mass is 10.1. The van der Waals surface area contributed by atoms with Gasteiger partial charge < -0.3 is 10.2 Å². The van der Waals surface area contributed by atoms with Gasteiger partial charge in [-0.15, -0.1) is 11.3 Å². The summed E-state index contributed by atoms with van der Waals surface area (Å²) in [6.45, 7) is 3.91. The van der Waals surface area contributed by atoms with Crippen molar-refractivity contribution in [3.8, 4) is 11.3 Å². The number of carbonyl (C=O) groups excluding carboxylic acids is 2. The first kappa shape index (κ1) is 23.4. The van der Waals surface area contributed by atoms with Crippen molar-refractivity contribution in [1.82, 2.24) is 9.88 Å². The van der Waals surface area contributed by atoms with Crippen LogP contribution in [0.1, 0.15) is 24.2 Å². The van der Waals surface area contributed by atoms with E-state index in [9.17, 15) is 19.7 Å². The molecule has 2 aromatic carbocycles. The molecule has 0 fully saturated rings. The van der Waals surface area contributed by atoms with Crippen molar-refractivity contribution in [2.45, 2.75) is 13.8 Å². The van der Waals surface area contributed by atoms with Crippen molar-refractivity contribution in [1.29, 1.82) is 0 Å². The molecule has 0 unspecified atom stereocenters. The zero-order chi connectivity index (χ0) is 23.3. The number of halogens is 1. The Morgan fingerprint density at radius 2 is 1.94 bits per heavy atom. The van der Waals surface area contributed by atoms with E-state index in [2.05, 4.69) is 10.3 Å². The summed E-state index contributed by atoms with van der Waals surface area (Å²) in [6, 6.07) is 13.4. The Labute approximate surface area is 194 Å². The molecule has 10 heteroatoms. The lowest BCUT2D eigenvalue weighted by molar-refractivity contribution is -0.384. The molecule has 1 N–H and O–H groups in total. The molecular formula is C22H21ClN4O4S. The minimum Gasteiger partial charge on any atom is -0.329 e. The van der Waals surface area contributed by atoms with Crippen LogP contribution in [0, 0.1) is 16.0 Å². The number of nitrogens with zero attached hydrogens (tertiary/aromatic N) is 3. The number of anilines is 1. The van der Waals surface area contributed by atoms with Crippen LogP contribution in [-0.2, 0) is 4.79 Å². The molecule has 3 rings (SSSR count). The summed E-state index contributed by atoms with van der Waals surface area (Å²) >= 11 is 7.13. The summed E-state index contributed by atoms with van der Waals surface area (Å²) in [7, 11) is 0. The van der Waals surface area contributed by atoms with E-state index in [0.29, 0.717) is 11.7 Å². The summed E-state index contributed by atoms with van der Waals surface area (Å²) in [6.07, 6.45) is 0. The van der Waals surface area contributed by atoms with Crippen molar-refractivity contribution < 1.29 is 14.5 Å². The molecule has 0 aliphatic heterocycles. The first-order valence-corrected chi connectivity index (χ1v) is 11.0. The highest BCUT2D eigenvalue weighted by atomic mass is 35.5. The lowest BCUT2D eigenvalue weighted by Crippen LogP contribution is -2.40. The molecule has 0 saturated heterocycles. The summed E-state index contributed by atoms with van der Waals surface area (Å²) in [5.41, 5.74) is 1.41. The van der Waals surface area contributed by atoms with E-state index in [1.54, 1.807) is 0 Å². The quantitative estimate of drug-likeness (QED) is 0.362. The molecule has 2 amide bonds. The first-order valence-electron chi connectivity index (χ1n) is 9.78. The predicted octanol–water partition coefficient (Wildman–Crippen LogP) is 5.11. The molecule has 0 atom stereocenters. The number of aromatic nitrogens is 1. The van der Waals surface area contributed by atoms with Gasteiger partial charge in [-0.3, -0.25) is 19.7 Å². The maximum atomic E-state index is 13.0. The Bertz CT molecular complexity index is 1130. The molecule has 0 bridgehead atoms. The molecule has 0 aliphatic rings. The van der Waals surface area contributed by atoms with E-state index in [1.165, 1.54) is 28.4 Å². The van der Waals surface area contributed by atoms with Crippen molar-refractivity contribution >= 4 is 45.6 Å². The van der Waals surface area contributed by atoms with Gasteiger partial charge in [0.2, 0.25) is 5.91 Å². The third kappa shape index (κ3) is 5.89. The second kappa shape index (κ2) is 10.3. The van der Waals surface area contributed by atoms with Gasteiger partial charge in [-0.2, -0.15) is 0 Å². The minimum absolute atomic E-state index is 0.0577. The van der Waals surface area contributed by atoms with Gasteiger partial charge in [-0.1, -0.05) is 55.8 Å². The molecule has 8 nitrogen and oxygen atoms in total. The van der Waals surface area contributed by atoms with Crippen LogP contribution in [0.3, 0.4) is 0 Å². The molecule has 0 saturated carbocycles. The van der Waals surface area contributed by atoms with Crippen molar-refractivity contribution in [2.24, 2.45) is 5.92 Å². The molecule has 166 valence electrons. The number of carbonyl (C=O) groups is 2. The van der Waals surface area contributed by atoms with Gasteiger partial charge in [0.1, 0.15) is 11.6 Å². The van der Waals surface area contributed by atoms with E-state index in [4.69, 9.17) is 11.6 Å². The summed E-state index contributed by atoms with van der Waals surface area (Å²) in [5, 5.41) is 16.1. The number of nitro groups is 1. The minimum atomic E-state index is -0.647. The fourth-order valence-corrected chi connectivity index (χ4v) is 3.96. The zero-order valence-electron chi connectivity index (χ0n) is 17.4. The van der Waals surface area contributed by atoms with Crippen molar-refractivity contribution in [2.75, 3.05) is 18.4 Å². The van der Waals surface area contributed by atoms with Gasteiger partial charge in [-0.05, 0) is 18.1 Å². The fraction of sp³-hybridized carbons (Fsp3) is 0.227. The van der Waals surface area contributed by atoms with E-state index in [1.807, 2.05) is 49.6 Å². The highest BCUT2D eigenvalue weighted by Crippen LogP contribution is 2.26. The van der Waals surface area contributed by atoms with Gasteiger partial charge >= 0.3 is 0 Å². The number of hydrogen-bond donors (Lipinski definition) is 1. The SMILES string of the molecule is CC(C)CN(CC(=O)Nc1nc(-c2ccccc2)cs1)C(=O)c1ccc(Cl)c([N+](=O)[O-])c1. The molecule has 3 aromatic rings. The van der Waals surface area contributed by atoms with E-state index >= 15 is 0 Å². The van der Waals surface area contributed by atoms with E-state index in [0.717, 1.165) is 17.3 Å². The van der Waals surface area contributed by atoms with Crippen LogP contribution in [-0.4, -0.2) is 39.7 Å². The maximum Gasteiger partial charge on any atom is 0.288 e. The number of thiazole rings is 1. The number of benzene rings is 2. The van der Waals surface area contributed by atoms with Gasteiger partial charge in [-0.25, -0.2) is 4.98 Å². The second-order valence-corrected chi connectivity index (χ2v) is 8.72. The molecule has 0 spiro atoms. The highest BCUT2D eigenvalue weighted by Gasteiger charge is 2.23. The fourth-order valence-electron chi connectivity index (χ4n) is 3.03. The Balaban J connectivity index is 1.73. The average Bonchev–Trinajstić information content (AvgIpc) is 3.21. The van der Waals surface area contributed by atoms with Gasteiger partial charge in [0.25, 0.3) is 11.6 Å². The maximum absolute atomic E-state index is 13.0. The molecule has 32 heavy (non-hydrogen) atoms. The van der Waals surface area contributed by atoms with Crippen LogP contribution in [0.5, 0.6) is 0 Å². The van der Waals surface area contributed by atoms with Crippen LogP contribution in [0.25, 0.3) is 11.3 Å². The summed E-state index contributed by atoms with van der Waals surface area (Å²) in [4.78, 5) is 42.0. The molecular weight excluding hydrogens is 452 g/mol. The molecule has 0 aliphatic carbocycles. The van der Waals surface area contributed by atoms with E-state index < -0.39 is 16.7 Å². The van der Waals surface area contributed by atoms with Crippen molar-refractivity contribution in [3.05, 3.63) is 74.6 Å². The van der Waals surface area contributed by atoms with Gasteiger partial charge in [0, 0.05) is 29.1 Å². The third-order valence-electron chi connectivity index (χ3n) is 4.42. The predicted molar refractivity (Wildman–Crippen MR) is 125 cm³/mol. The number of amides is 2. The van der Waals surface area contributed by atoms with Crippen LogP contribution >= 0.6 is 22.9 Å². The molecule has 1 heterocycles. The number of rotatable bonds is 8. The Morgan fingerprint density at radius 1 is 1.22 bits per heavy atom. The standard InChI is InChI=1S/C22H21ClN4O4S/c1-14(2)11-26(21(29)16-8-9-17(23)19(10-16)27(30)31)12-20(28)25-22-24-18(13-32-22)15-6-4-3-5-7-15/h3-10,13-14H,11-12H2,1-2H3,(H,24,25,28). The van der Waals surface area contributed by atoms with Gasteiger partial charge in [0.15, 0.2) is 5.13 Å². The number of nitro benzene ring substituents is 1. The number of hydrogen-bond acceptors (Lipinski definition) is 6. The van der Waals surface area contributed by atoms with Crippen molar-refractivity contribution in [3.63, 3.8) is 0 Å². The third-order valence-corrected chi connectivity index (χ3v) is 5.49. The topological polar surface area (TPSA) is 105 Å². The second-order valence-electron chi connectivity index (χ2n) is 7.45. The van der Waals surface area contributed by atoms with Crippen LogP contribution in [0.4, 0.5) is 10.8 Å². The number of nitrogens with one attached hydrogen (secondary N) is 1. The normalized spacial score (nSPS) is 10.8. The molecule has 1 aromatic heterocycles. The van der Waals surface area contributed by atoms with E-state index in [-0.39, 0.29) is 28.7 Å². The largest absolute Gasteiger partial charge is 0.329 e.